The van der Waals surface area contributed by atoms with Gasteiger partial charge in [-0.1, -0.05) is 25.1 Å². The lowest BCUT2D eigenvalue weighted by Gasteiger charge is -2.23. The van der Waals surface area contributed by atoms with Gasteiger partial charge in [-0.25, -0.2) is 4.98 Å². The Bertz CT molecular complexity index is 661. The van der Waals surface area contributed by atoms with Crippen molar-refractivity contribution in [2.75, 3.05) is 18.6 Å². The van der Waals surface area contributed by atoms with Crippen molar-refractivity contribution in [3.63, 3.8) is 0 Å². The van der Waals surface area contributed by atoms with Crippen LogP contribution < -0.4 is 9.64 Å². The molecular weight excluding hydrogens is 284 g/mol. The highest BCUT2D eigenvalue weighted by Gasteiger charge is 2.29. The molecule has 2 rings (SSSR count). The number of rotatable bonds is 6. The van der Waals surface area contributed by atoms with Crippen LogP contribution >= 0.6 is 0 Å². The summed E-state index contributed by atoms with van der Waals surface area (Å²) in [4.78, 5) is 21.1. The molecule has 0 N–H and O–H groups in total. The fourth-order valence-corrected chi connectivity index (χ4v) is 2.21. The number of nitrogens with zero attached hydrogens (tertiary/aromatic N) is 4. The zero-order chi connectivity index (χ0) is 16.1. The molecule has 116 valence electrons. The van der Waals surface area contributed by atoms with E-state index in [4.69, 9.17) is 4.74 Å². The lowest BCUT2D eigenvalue weighted by Crippen LogP contribution is -2.21. The summed E-state index contributed by atoms with van der Waals surface area (Å²) in [6.07, 6.45) is 0.817. The average molecular weight is 302 g/mol. The summed E-state index contributed by atoms with van der Waals surface area (Å²) < 4.78 is 5.07. The summed E-state index contributed by atoms with van der Waals surface area (Å²) >= 11 is 0. The maximum atomic E-state index is 11.5. The molecule has 0 fully saturated rings. The molecule has 0 atom stereocenters. The van der Waals surface area contributed by atoms with Gasteiger partial charge in [-0.3, -0.25) is 10.1 Å². The van der Waals surface area contributed by atoms with E-state index in [1.165, 1.54) is 7.11 Å². The lowest BCUT2D eigenvalue weighted by atomic mass is 10.2. The van der Waals surface area contributed by atoms with E-state index >= 15 is 0 Å². The number of para-hydroxylation sites is 1. The first-order valence-corrected chi connectivity index (χ1v) is 6.98. The monoisotopic (exact) mass is 302 g/mol. The van der Waals surface area contributed by atoms with Gasteiger partial charge in [0, 0.05) is 12.2 Å². The van der Waals surface area contributed by atoms with Crippen molar-refractivity contribution in [3.8, 4) is 5.88 Å². The Balaban J connectivity index is 2.65. The van der Waals surface area contributed by atoms with Crippen LogP contribution in [0.25, 0.3) is 0 Å². The van der Waals surface area contributed by atoms with Crippen molar-refractivity contribution in [3.05, 3.63) is 46.3 Å². The van der Waals surface area contributed by atoms with Gasteiger partial charge < -0.3 is 9.64 Å². The molecule has 7 heteroatoms. The van der Waals surface area contributed by atoms with Crippen molar-refractivity contribution in [1.29, 1.82) is 0 Å². The Morgan fingerprint density at radius 2 is 1.95 bits per heavy atom. The summed E-state index contributed by atoms with van der Waals surface area (Å²) in [5.41, 5.74) is 0.623. The number of hydrogen-bond donors (Lipinski definition) is 0. The number of anilines is 2. The Labute approximate surface area is 128 Å². The molecule has 0 aliphatic heterocycles. The predicted octanol–water partition coefficient (Wildman–Crippen LogP) is 3.25. The first-order chi connectivity index (χ1) is 10.6. The van der Waals surface area contributed by atoms with Crippen LogP contribution in [-0.2, 0) is 0 Å². The predicted molar refractivity (Wildman–Crippen MR) is 83.7 cm³/mol. The van der Waals surface area contributed by atoms with Crippen LogP contribution in [0.4, 0.5) is 17.2 Å². The fourth-order valence-electron chi connectivity index (χ4n) is 2.21. The summed E-state index contributed by atoms with van der Waals surface area (Å²) in [5.74, 6) is 0.654. The number of methoxy groups -OCH3 is 1. The maximum absolute atomic E-state index is 11.5. The molecule has 0 saturated heterocycles. The second-order valence-corrected chi connectivity index (χ2v) is 4.70. The largest absolute Gasteiger partial charge is 0.476 e. The molecule has 0 amide bonds. The van der Waals surface area contributed by atoms with E-state index in [1.54, 1.807) is 6.92 Å². The molecule has 0 saturated carbocycles. The Hall–Kier alpha value is -2.70. The second-order valence-electron chi connectivity index (χ2n) is 4.70. The van der Waals surface area contributed by atoms with E-state index in [1.807, 2.05) is 42.2 Å². The van der Waals surface area contributed by atoms with Crippen LogP contribution in [0.5, 0.6) is 5.88 Å². The van der Waals surface area contributed by atoms with Crippen LogP contribution in [0.1, 0.15) is 19.2 Å². The zero-order valence-corrected chi connectivity index (χ0v) is 12.8. The van der Waals surface area contributed by atoms with Gasteiger partial charge >= 0.3 is 5.69 Å². The molecule has 0 bridgehead atoms. The summed E-state index contributed by atoms with van der Waals surface area (Å²) in [7, 11) is 1.37. The Morgan fingerprint density at radius 1 is 1.27 bits per heavy atom. The zero-order valence-electron chi connectivity index (χ0n) is 12.8. The molecule has 22 heavy (non-hydrogen) atoms. The molecule has 7 nitrogen and oxygen atoms in total. The standard InChI is InChI=1S/C15H18N4O3/c1-4-10-18(12-8-6-5-7-9-12)14-13(19(20)21)15(22-3)17-11(2)16-14/h5-9H,4,10H2,1-3H3. The maximum Gasteiger partial charge on any atom is 0.373 e. The van der Waals surface area contributed by atoms with Gasteiger partial charge in [-0.15, -0.1) is 0 Å². The van der Waals surface area contributed by atoms with E-state index in [-0.39, 0.29) is 17.4 Å². The van der Waals surface area contributed by atoms with E-state index in [0.717, 1.165) is 12.1 Å². The van der Waals surface area contributed by atoms with Crippen molar-refractivity contribution in [2.24, 2.45) is 0 Å². The van der Waals surface area contributed by atoms with Gasteiger partial charge in [0.25, 0.3) is 5.88 Å². The van der Waals surface area contributed by atoms with Crippen LogP contribution in [0.3, 0.4) is 0 Å². The molecule has 2 aromatic rings. The van der Waals surface area contributed by atoms with Gasteiger partial charge in [-0.2, -0.15) is 4.98 Å². The second kappa shape index (κ2) is 6.84. The molecule has 0 unspecified atom stereocenters. The highest BCUT2D eigenvalue weighted by Crippen LogP contribution is 2.37. The van der Waals surface area contributed by atoms with Crippen LogP contribution in [0.2, 0.25) is 0 Å². The van der Waals surface area contributed by atoms with E-state index in [2.05, 4.69) is 9.97 Å². The highest BCUT2D eigenvalue weighted by molar-refractivity contribution is 5.71. The van der Waals surface area contributed by atoms with E-state index < -0.39 is 4.92 Å². The molecule has 0 spiro atoms. The number of aromatic nitrogens is 2. The van der Waals surface area contributed by atoms with Crippen LogP contribution in [0, 0.1) is 17.0 Å². The molecule has 0 radical (unpaired) electrons. The van der Waals surface area contributed by atoms with Gasteiger partial charge in [0.1, 0.15) is 5.82 Å². The van der Waals surface area contributed by atoms with E-state index in [0.29, 0.717) is 12.4 Å². The summed E-state index contributed by atoms with van der Waals surface area (Å²) in [6.45, 7) is 4.29. The molecular formula is C15H18N4O3. The number of aryl methyl sites for hydroxylation is 1. The quantitative estimate of drug-likeness (QED) is 0.602. The van der Waals surface area contributed by atoms with Crippen molar-refractivity contribution in [1.82, 2.24) is 9.97 Å². The number of nitro groups is 1. The molecule has 0 aliphatic rings. The topological polar surface area (TPSA) is 81.4 Å². The molecule has 0 aliphatic carbocycles. The third kappa shape index (κ3) is 3.13. The Kier molecular flexibility index (Phi) is 4.88. The Morgan fingerprint density at radius 3 is 2.50 bits per heavy atom. The van der Waals surface area contributed by atoms with Gasteiger partial charge in [0.15, 0.2) is 0 Å². The van der Waals surface area contributed by atoms with Gasteiger partial charge in [0.05, 0.1) is 12.0 Å². The molecule has 1 aromatic carbocycles. The minimum Gasteiger partial charge on any atom is -0.476 e. The van der Waals surface area contributed by atoms with Crippen molar-refractivity contribution < 1.29 is 9.66 Å². The molecule has 1 aromatic heterocycles. The van der Waals surface area contributed by atoms with E-state index in [9.17, 15) is 10.1 Å². The third-order valence-corrected chi connectivity index (χ3v) is 3.09. The van der Waals surface area contributed by atoms with Gasteiger partial charge in [-0.05, 0) is 25.5 Å². The first kappa shape index (κ1) is 15.7. The van der Waals surface area contributed by atoms with Crippen LogP contribution in [0.15, 0.2) is 30.3 Å². The number of ether oxygens (including phenoxy) is 1. The summed E-state index contributed by atoms with van der Waals surface area (Å²) in [6, 6.07) is 9.45. The lowest BCUT2D eigenvalue weighted by molar-refractivity contribution is -0.385. The normalized spacial score (nSPS) is 10.3. The van der Waals surface area contributed by atoms with Crippen molar-refractivity contribution >= 4 is 17.2 Å². The van der Waals surface area contributed by atoms with Gasteiger partial charge in [0.2, 0.25) is 5.82 Å². The molecule has 1 heterocycles. The van der Waals surface area contributed by atoms with Crippen LogP contribution in [-0.4, -0.2) is 28.5 Å². The number of benzene rings is 1. The first-order valence-electron chi connectivity index (χ1n) is 6.98. The summed E-state index contributed by atoms with van der Waals surface area (Å²) in [5, 5.41) is 11.5. The highest BCUT2D eigenvalue weighted by atomic mass is 16.6. The average Bonchev–Trinajstić information content (AvgIpc) is 2.52. The fraction of sp³-hybridized carbons (Fsp3) is 0.333. The minimum absolute atomic E-state index is 0.0236. The smallest absolute Gasteiger partial charge is 0.373 e. The SMILES string of the molecule is CCCN(c1ccccc1)c1nc(C)nc(OC)c1[N+](=O)[O-]. The van der Waals surface area contributed by atoms with Crippen molar-refractivity contribution in [2.45, 2.75) is 20.3 Å². The third-order valence-electron chi connectivity index (χ3n) is 3.09. The minimum atomic E-state index is -0.501. The number of hydrogen-bond acceptors (Lipinski definition) is 6.